The normalized spacial score (nSPS) is 35.0. The number of amides is 1. The highest BCUT2D eigenvalue weighted by Crippen LogP contribution is 2.50. The van der Waals surface area contributed by atoms with E-state index in [1.807, 2.05) is 6.08 Å². The van der Waals surface area contributed by atoms with E-state index in [9.17, 15) is 10.1 Å². The van der Waals surface area contributed by atoms with Crippen molar-refractivity contribution >= 4 is 12.6 Å². The predicted octanol–water partition coefficient (Wildman–Crippen LogP) is 2.31. The molecule has 3 fully saturated rings. The quantitative estimate of drug-likeness (QED) is 0.582. The van der Waals surface area contributed by atoms with Crippen molar-refractivity contribution in [2.75, 3.05) is 0 Å². The molecule has 106 valence electrons. The molecule has 2 saturated carbocycles. The number of likely N-dealkylation sites (tertiary alicyclic amines) is 1. The molecular weight excluding hydrogens is 250 g/mol. The summed E-state index contributed by atoms with van der Waals surface area (Å²) in [5, 5.41) is 9.25. The molecule has 3 aliphatic rings. The lowest BCUT2D eigenvalue weighted by Gasteiger charge is -2.35. The topological polar surface area (TPSA) is 56.5 Å². The summed E-state index contributed by atoms with van der Waals surface area (Å²) in [4.78, 5) is 18.9. The minimum absolute atomic E-state index is 0.00153. The first-order chi connectivity index (χ1) is 9.66. The fourth-order valence-corrected chi connectivity index (χ4v) is 4.16. The molecule has 0 N–H and O–H groups in total. The van der Waals surface area contributed by atoms with E-state index in [-0.39, 0.29) is 23.4 Å². The van der Waals surface area contributed by atoms with Crippen LogP contribution in [0.5, 0.6) is 0 Å². The van der Waals surface area contributed by atoms with Crippen molar-refractivity contribution in [3.05, 3.63) is 12.7 Å². The number of nitriles is 1. The highest BCUT2D eigenvalue weighted by Gasteiger charge is 2.57. The summed E-state index contributed by atoms with van der Waals surface area (Å²) in [6.45, 7) is 7.59. The molecule has 0 aromatic rings. The monoisotopic (exact) mass is 271 g/mol. The van der Waals surface area contributed by atoms with Crippen molar-refractivity contribution in [3.63, 3.8) is 0 Å². The van der Waals surface area contributed by atoms with E-state index in [1.54, 1.807) is 4.90 Å². The molecule has 4 unspecified atom stereocenters. The smallest absolute Gasteiger partial charge is 0.249 e. The maximum absolute atomic E-state index is 12.9. The first-order valence-electron chi connectivity index (χ1n) is 7.48. The van der Waals surface area contributed by atoms with Gasteiger partial charge in [0, 0.05) is 11.5 Å². The number of carbonyl (C=O) groups is 1. The highest BCUT2D eigenvalue weighted by atomic mass is 16.2. The Bertz CT molecular complexity index is 486. The Labute approximate surface area is 120 Å². The molecule has 0 radical (unpaired) electrons. The van der Waals surface area contributed by atoms with E-state index in [1.165, 1.54) is 0 Å². The Morgan fingerprint density at radius 1 is 1.45 bits per heavy atom. The van der Waals surface area contributed by atoms with Crippen molar-refractivity contribution < 1.29 is 4.79 Å². The number of rotatable bonds is 4. The van der Waals surface area contributed by atoms with Gasteiger partial charge >= 0.3 is 0 Å². The third kappa shape index (κ3) is 1.80. The standard InChI is InChI=1S/C16H21N3O/c1-3-16(6-4-5-7-16)14(18-2)15(20)19-12(10-17)8-11-9-13(11)19/h3,11-14H,1-2,4-9H2. The molecule has 0 aromatic carbocycles. The van der Waals surface area contributed by atoms with Gasteiger partial charge in [-0.1, -0.05) is 18.9 Å². The summed E-state index contributed by atoms with van der Waals surface area (Å²) in [6.07, 6.45) is 7.90. The van der Waals surface area contributed by atoms with Crippen LogP contribution in [0.2, 0.25) is 0 Å². The molecule has 0 spiro atoms. The summed E-state index contributed by atoms with van der Waals surface area (Å²) >= 11 is 0. The second-order valence-corrected chi connectivity index (χ2v) is 6.42. The largest absolute Gasteiger partial charge is 0.321 e. The summed E-state index contributed by atoms with van der Waals surface area (Å²) in [5.41, 5.74) is -0.244. The van der Waals surface area contributed by atoms with Crippen LogP contribution in [0, 0.1) is 22.7 Å². The van der Waals surface area contributed by atoms with Crippen LogP contribution in [0.15, 0.2) is 17.6 Å². The van der Waals surface area contributed by atoms with Crippen molar-refractivity contribution in [1.82, 2.24) is 4.90 Å². The first kappa shape index (κ1) is 13.4. The van der Waals surface area contributed by atoms with Crippen molar-refractivity contribution in [2.45, 2.75) is 56.7 Å². The third-order valence-electron chi connectivity index (χ3n) is 5.41. The van der Waals surface area contributed by atoms with Crippen LogP contribution in [0.4, 0.5) is 0 Å². The molecule has 1 saturated heterocycles. The van der Waals surface area contributed by atoms with Crippen LogP contribution in [-0.4, -0.2) is 35.7 Å². The van der Waals surface area contributed by atoms with E-state index < -0.39 is 6.04 Å². The van der Waals surface area contributed by atoms with Gasteiger partial charge in [-0.3, -0.25) is 9.79 Å². The maximum Gasteiger partial charge on any atom is 0.249 e. The van der Waals surface area contributed by atoms with Gasteiger partial charge in [0.15, 0.2) is 0 Å². The second kappa shape index (κ2) is 4.73. The van der Waals surface area contributed by atoms with Crippen molar-refractivity contribution in [3.8, 4) is 6.07 Å². The fraction of sp³-hybridized carbons (Fsp3) is 0.688. The number of nitrogens with zero attached hydrogens (tertiary/aromatic N) is 3. The average Bonchev–Trinajstić information content (AvgIpc) is 2.92. The van der Waals surface area contributed by atoms with Gasteiger partial charge in [-0.15, -0.1) is 6.58 Å². The molecule has 4 heteroatoms. The van der Waals surface area contributed by atoms with Crippen LogP contribution in [0.25, 0.3) is 0 Å². The zero-order valence-corrected chi connectivity index (χ0v) is 11.8. The molecular formula is C16H21N3O. The van der Waals surface area contributed by atoms with Crippen molar-refractivity contribution in [1.29, 1.82) is 5.26 Å². The van der Waals surface area contributed by atoms with E-state index in [0.717, 1.165) is 38.5 Å². The number of piperidine rings is 1. The minimum Gasteiger partial charge on any atom is -0.321 e. The summed E-state index contributed by atoms with van der Waals surface area (Å²) < 4.78 is 0. The SMILES string of the molecule is C=CC1(C(N=C)C(=O)N2C(C#N)CC3CC32)CCCC1. The molecule has 1 heterocycles. The highest BCUT2D eigenvalue weighted by molar-refractivity contribution is 5.85. The molecule has 3 rings (SSSR count). The second-order valence-electron chi connectivity index (χ2n) is 6.42. The Balaban J connectivity index is 1.86. The number of hydrogen-bond donors (Lipinski definition) is 0. The Hall–Kier alpha value is -1.63. The minimum atomic E-state index is -0.460. The van der Waals surface area contributed by atoms with Crippen LogP contribution >= 0.6 is 0 Å². The molecule has 0 aromatic heterocycles. The molecule has 4 atom stereocenters. The van der Waals surface area contributed by atoms with Gasteiger partial charge in [0.2, 0.25) is 5.91 Å². The fourth-order valence-electron chi connectivity index (χ4n) is 4.16. The van der Waals surface area contributed by atoms with Crippen LogP contribution in [-0.2, 0) is 4.79 Å². The Morgan fingerprint density at radius 3 is 2.70 bits per heavy atom. The number of hydrogen-bond acceptors (Lipinski definition) is 3. The van der Waals surface area contributed by atoms with E-state index in [4.69, 9.17) is 0 Å². The maximum atomic E-state index is 12.9. The van der Waals surface area contributed by atoms with E-state index >= 15 is 0 Å². The zero-order chi connectivity index (χ0) is 14.3. The first-order valence-corrected chi connectivity index (χ1v) is 7.48. The lowest BCUT2D eigenvalue weighted by Crippen LogP contribution is -2.48. The third-order valence-corrected chi connectivity index (χ3v) is 5.41. The van der Waals surface area contributed by atoms with Gasteiger partial charge in [-0.05, 0) is 38.3 Å². The Kier molecular flexibility index (Phi) is 3.16. The summed E-state index contributed by atoms with van der Waals surface area (Å²) in [6, 6.07) is 1.82. The number of carbonyl (C=O) groups excluding carboxylic acids is 1. The van der Waals surface area contributed by atoms with Gasteiger partial charge in [-0.25, -0.2) is 0 Å². The molecule has 0 bridgehead atoms. The summed E-state index contributed by atoms with van der Waals surface area (Å²) in [7, 11) is 0. The zero-order valence-electron chi connectivity index (χ0n) is 11.8. The lowest BCUT2D eigenvalue weighted by atomic mass is 9.78. The molecule has 1 amide bonds. The number of fused-ring (bicyclic) bond motifs is 1. The van der Waals surface area contributed by atoms with E-state index in [2.05, 4.69) is 24.4 Å². The molecule has 1 aliphatic heterocycles. The average molecular weight is 271 g/mol. The van der Waals surface area contributed by atoms with Crippen LogP contribution < -0.4 is 0 Å². The van der Waals surface area contributed by atoms with Gasteiger partial charge in [0.05, 0.1) is 6.07 Å². The van der Waals surface area contributed by atoms with Gasteiger partial charge in [-0.2, -0.15) is 5.26 Å². The molecule has 4 nitrogen and oxygen atoms in total. The van der Waals surface area contributed by atoms with Crippen LogP contribution in [0.3, 0.4) is 0 Å². The van der Waals surface area contributed by atoms with Gasteiger partial charge in [0.25, 0.3) is 0 Å². The lowest BCUT2D eigenvalue weighted by molar-refractivity contribution is -0.135. The van der Waals surface area contributed by atoms with E-state index in [0.29, 0.717) is 5.92 Å². The van der Waals surface area contributed by atoms with Gasteiger partial charge in [0.1, 0.15) is 12.1 Å². The predicted molar refractivity (Wildman–Crippen MR) is 77.2 cm³/mol. The van der Waals surface area contributed by atoms with Crippen molar-refractivity contribution in [2.24, 2.45) is 16.3 Å². The van der Waals surface area contributed by atoms with Crippen LogP contribution in [0.1, 0.15) is 38.5 Å². The number of aliphatic imine (C=N–C) groups is 1. The Morgan fingerprint density at radius 2 is 2.15 bits per heavy atom. The summed E-state index contributed by atoms with van der Waals surface area (Å²) in [5.74, 6) is 0.538. The molecule has 2 aliphatic carbocycles. The molecule has 20 heavy (non-hydrogen) atoms. The van der Waals surface area contributed by atoms with Gasteiger partial charge < -0.3 is 4.90 Å².